The van der Waals surface area contributed by atoms with E-state index in [0.717, 1.165) is 25.0 Å². The molecule has 0 bridgehead atoms. The van der Waals surface area contributed by atoms with Gasteiger partial charge >= 0.3 is 0 Å². The molecule has 14 heavy (non-hydrogen) atoms. The summed E-state index contributed by atoms with van der Waals surface area (Å²) in [6.45, 7) is 8.61. The van der Waals surface area contributed by atoms with Gasteiger partial charge in [0, 0.05) is 25.5 Å². The summed E-state index contributed by atoms with van der Waals surface area (Å²) >= 11 is 0. The van der Waals surface area contributed by atoms with Crippen LogP contribution in [0.4, 0.5) is 5.95 Å². The van der Waals surface area contributed by atoms with Crippen LogP contribution < -0.4 is 5.32 Å². The SMILES string of the molecule is CCC(CC)CNc1nccn1CC. The van der Waals surface area contributed by atoms with Crippen molar-refractivity contribution in [2.75, 3.05) is 11.9 Å². The summed E-state index contributed by atoms with van der Waals surface area (Å²) in [4.78, 5) is 4.28. The van der Waals surface area contributed by atoms with Crippen LogP contribution in [0, 0.1) is 5.92 Å². The average Bonchev–Trinajstić information content (AvgIpc) is 2.67. The number of imidazole rings is 1. The lowest BCUT2D eigenvalue weighted by Crippen LogP contribution is -2.15. The van der Waals surface area contributed by atoms with Crippen molar-refractivity contribution in [1.82, 2.24) is 9.55 Å². The Bertz CT molecular complexity index is 251. The Morgan fingerprint density at radius 2 is 2.07 bits per heavy atom. The zero-order valence-electron chi connectivity index (χ0n) is 9.45. The molecule has 80 valence electrons. The van der Waals surface area contributed by atoms with Gasteiger partial charge in [-0.15, -0.1) is 0 Å². The number of anilines is 1. The van der Waals surface area contributed by atoms with E-state index in [2.05, 4.69) is 35.6 Å². The Hall–Kier alpha value is -0.990. The molecule has 3 heteroatoms. The van der Waals surface area contributed by atoms with E-state index in [1.807, 2.05) is 12.4 Å². The minimum absolute atomic E-state index is 0.761. The number of rotatable bonds is 6. The van der Waals surface area contributed by atoms with Crippen LogP contribution in [0.5, 0.6) is 0 Å². The number of hydrogen-bond donors (Lipinski definition) is 1. The van der Waals surface area contributed by atoms with E-state index in [-0.39, 0.29) is 0 Å². The third kappa shape index (κ3) is 2.76. The monoisotopic (exact) mass is 195 g/mol. The first kappa shape index (κ1) is 11.1. The molecule has 0 aliphatic carbocycles. The minimum atomic E-state index is 0.761. The molecule has 0 saturated carbocycles. The van der Waals surface area contributed by atoms with Crippen molar-refractivity contribution in [3.05, 3.63) is 12.4 Å². The minimum Gasteiger partial charge on any atom is -0.355 e. The molecule has 0 amide bonds. The molecule has 3 nitrogen and oxygen atoms in total. The van der Waals surface area contributed by atoms with Gasteiger partial charge in [-0.3, -0.25) is 0 Å². The van der Waals surface area contributed by atoms with E-state index >= 15 is 0 Å². The van der Waals surface area contributed by atoms with Gasteiger partial charge in [-0.25, -0.2) is 4.98 Å². The number of nitrogens with zero attached hydrogens (tertiary/aromatic N) is 2. The lowest BCUT2D eigenvalue weighted by Gasteiger charge is -2.14. The second-order valence-electron chi connectivity index (χ2n) is 3.60. The van der Waals surface area contributed by atoms with Crippen LogP contribution >= 0.6 is 0 Å². The Morgan fingerprint density at radius 3 is 2.64 bits per heavy atom. The van der Waals surface area contributed by atoms with Crippen molar-refractivity contribution in [1.29, 1.82) is 0 Å². The predicted molar refractivity (Wildman–Crippen MR) is 60.5 cm³/mol. The molecule has 0 saturated heterocycles. The molecular weight excluding hydrogens is 174 g/mol. The van der Waals surface area contributed by atoms with Gasteiger partial charge < -0.3 is 9.88 Å². The fourth-order valence-corrected chi connectivity index (χ4v) is 1.54. The van der Waals surface area contributed by atoms with Crippen molar-refractivity contribution >= 4 is 5.95 Å². The van der Waals surface area contributed by atoms with E-state index in [9.17, 15) is 0 Å². The van der Waals surface area contributed by atoms with Crippen LogP contribution in [-0.2, 0) is 6.54 Å². The molecule has 1 rings (SSSR count). The number of hydrogen-bond acceptors (Lipinski definition) is 2. The van der Waals surface area contributed by atoms with Gasteiger partial charge in [-0.05, 0) is 12.8 Å². The summed E-state index contributed by atoms with van der Waals surface area (Å²) in [5.41, 5.74) is 0. The van der Waals surface area contributed by atoms with Crippen molar-refractivity contribution in [3.8, 4) is 0 Å². The lowest BCUT2D eigenvalue weighted by molar-refractivity contribution is 0.516. The summed E-state index contributed by atoms with van der Waals surface area (Å²) in [5, 5.41) is 3.40. The predicted octanol–water partition coefficient (Wildman–Crippen LogP) is 2.75. The van der Waals surface area contributed by atoms with Gasteiger partial charge in [0.25, 0.3) is 0 Å². The molecule has 0 atom stereocenters. The van der Waals surface area contributed by atoms with Crippen LogP contribution in [0.25, 0.3) is 0 Å². The van der Waals surface area contributed by atoms with E-state index < -0.39 is 0 Å². The Morgan fingerprint density at radius 1 is 1.36 bits per heavy atom. The zero-order valence-corrected chi connectivity index (χ0v) is 9.45. The second kappa shape index (κ2) is 5.68. The smallest absolute Gasteiger partial charge is 0.202 e. The first-order valence-corrected chi connectivity index (χ1v) is 5.56. The van der Waals surface area contributed by atoms with Gasteiger partial charge in [0.05, 0.1) is 0 Å². The van der Waals surface area contributed by atoms with Crippen LogP contribution in [0.2, 0.25) is 0 Å². The van der Waals surface area contributed by atoms with Crippen molar-refractivity contribution < 1.29 is 0 Å². The normalized spacial score (nSPS) is 10.9. The summed E-state index contributed by atoms with van der Waals surface area (Å²) in [5.74, 6) is 1.76. The maximum Gasteiger partial charge on any atom is 0.202 e. The molecule has 1 N–H and O–H groups in total. The van der Waals surface area contributed by atoms with E-state index in [4.69, 9.17) is 0 Å². The van der Waals surface area contributed by atoms with Crippen molar-refractivity contribution in [2.45, 2.75) is 40.2 Å². The van der Waals surface area contributed by atoms with Gasteiger partial charge in [-0.2, -0.15) is 0 Å². The number of aromatic nitrogens is 2. The highest BCUT2D eigenvalue weighted by molar-refractivity contribution is 5.25. The first-order chi connectivity index (χ1) is 6.81. The quantitative estimate of drug-likeness (QED) is 0.756. The first-order valence-electron chi connectivity index (χ1n) is 5.56. The fourth-order valence-electron chi connectivity index (χ4n) is 1.54. The molecule has 1 heterocycles. The highest BCUT2D eigenvalue weighted by Crippen LogP contribution is 2.10. The summed E-state index contributed by atoms with van der Waals surface area (Å²) in [6, 6.07) is 0. The van der Waals surface area contributed by atoms with Gasteiger partial charge in [0.15, 0.2) is 0 Å². The third-order valence-electron chi connectivity index (χ3n) is 2.76. The molecule has 1 aromatic rings. The highest BCUT2D eigenvalue weighted by atomic mass is 15.2. The van der Waals surface area contributed by atoms with Gasteiger partial charge in [0.1, 0.15) is 0 Å². The number of nitrogens with one attached hydrogen (secondary N) is 1. The maximum atomic E-state index is 4.28. The Balaban J connectivity index is 2.44. The van der Waals surface area contributed by atoms with E-state index in [0.29, 0.717) is 0 Å². The number of aryl methyl sites for hydroxylation is 1. The van der Waals surface area contributed by atoms with Crippen molar-refractivity contribution in [3.63, 3.8) is 0 Å². The highest BCUT2D eigenvalue weighted by Gasteiger charge is 2.05. The summed E-state index contributed by atoms with van der Waals surface area (Å²) in [7, 11) is 0. The zero-order chi connectivity index (χ0) is 10.4. The molecule has 0 radical (unpaired) electrons. The summed E-state index contributed by atoms with van der Waals surface area (Å²) < 4.78 is 2.13. The molecule has 0 aliphatic rings. The van der Waals surface area contributed by atoms with Crippen LogP contribution in [-0.4, -0.2) is 16.1 Å². The molecule has 1 aromatic heterocycles. The topological polar surface area (TPSA) is 29.9 Å². The van der Waals surface area contributed by atoms with E-state index in [1.165, 1.54) is 12.8 Å². The fraction of sp³-hybridized carbons (Fsp3) is 0.727. The van der Waals surface area contributed by atoms with Gasteiger partial charge in [-0.1, -0.05) is 26.7 Å². The third-order valence-corrected chi connectivity index (χ3v) is 2.76. The molecule has 0 aromatic carbocycles. The lowest BCUT2D eigenvalue weighted by atomic mass is 10.0. The molecule has 0 spiro atoms. The summed E-state index contributed by atoms with van der Waals surface area (Å²) in [6.07, 6.45) is 6.32. The van der Waals surface area contributed by atoms with E-state index in [1.54, 1.807) is 0 Å². The molecule has 0 aliphatic heterocycles. The van der Waals surface area contributed by atoms with Crippen LogP contribution in [0.15, 0.2) is 12.4 Å². The molecular formula is C11H21N3. The van der Waals surface area contributed by atoms with Crippen LogP contribution in [0.1, 0.15) is 33.6 Å². The van der Waals surface area contributed by atoms with Gasteiger partial charge in [0.2, 0.25) is 5.95 Å². The Labute approximate surface area is 86.5 Å². The van der Waals surface area contributed by atoms with Crippen molar-refractivity contribution in [2.24, 2.45) is 5.92 Å². The average molecular weight is 195 g/mol. The standard InChI is InChI=1S/C11H21N3/c1-4-10(5-2)9-13-11-12-7-8-14(11)6-3/h7-8,10H,4-6,9H2,1-3H3,(H,12,13). The maximum absolute atomic E-state index is 4.28. The largest absolute Gasteiger partial charge is 0.355 e. The second-order valence-corrected chi connectivity index (χ2v) is 3.60. The molecule has 0 unspecified atom stereocenters. The molecule has 0 fully saturated rings. The van der Waals surface area contributed by atoms with Crippen LogP contribution in [0.3, 0.4) is 0 Å². The Kier molecular flexibility index (Phi) is 4.50.